The van der Waals surface area contributed by atoms with Crippen molar-refractivity contribution in [2.75, 3.05) is 13.1 Å². The maximum absolute atomic E-state index is 12.1. The minimum absolute atomic E-state index is 0.222. The van der Waals surface area contributed by atoms with Gasteiger partial charge in [0.2, 0.25) is 0 Å². The van der Waals surface area contributed by atoms with Gasteiger partial charge in [0.25, 0.3) is 0 Å². The number of rotatable bonds is 4. The van der Waals surface area contributed by atoms with Gasteiger partial charge >= 0.3 is 6.09 Å². The van der Waals surface area contributed by atoms with Crippen LogP contribution in [0.5, 0.6) is 5.75 Å². The molecule has 6 nitrogen and oxygen atoms in total. The molecule has 0 atom stereocenters. The summed E-state index contributed by atoms with van der Waals surface area (Å²) in [4.78, 5) is 17.8. The van der Waals surface area contributed by atoms with Crippen molar-refractivity contribution in [2.24, 2.45) is 0 Å². The summed E-state index contributed by atoms with van der Waals surface area (Å²) in [5.74, 6) is 0.865. The molecule has 1 aromatic rings. The number of hydrogen-bond acceptors (Lipinski definition) is 5. The zero-order valence-electron chi connectivity index (χ0n) is 15.3. The highest BCUT2D eigenvalue weighted by Crippen LogP contribution is 2.30. The van der Waals surface area contributed by atoms with Crippen molar-refractivity contribution in [3.05, 3.63) is 24.5 Å². The summed E-state index contributed by atoms with van der Waals surface area (Å²) in [5.41, 5.74) is -0.444. The van der Waals surface area contributed by atoms with Gasteiger partial charge in [-0.2, -0.15) is 0 Å². The molecule has 1 aliphatic carbocycles. The van der Waals surface area contributed by atoms with Gasteiger partial charge in [-0.05, 0) is 45.7 Å². The van der Waals surface area contributed by atoms with Gasteiger partial charge in [0.15, 0.2) is 0 Å². The summed E-state index contributed by atoms with van der Waals surface area (Å²) in [6.45, 7) is 7.07. The second-order valence-electron chi connectivity index (χ2n) is 7.82. The lowest BCUT2D eigenvalue weighted by atomic mass is 9.91. The van der Waals surface area contributed by atoms with Gasteiger partial charge in [0, 0.05) is 38.3 Å². The lowest BCUT2D eigenvalue weighted by Gasteiger charge is -2.40. The second kappa shape index (κ2) is 7.60. The van der Waals surface area contributed by atoms with Crippen LogP contribution in [-0.2, 0) is 9.47 Å². The third-order valence-electron chi connectivity index (χ3n) is 4.48. The summed E-state index contributed by atoms with van der Waals surface area (Å²) in [6, 6.07) is 3.75. The van der Waals surface area contributed by atoms with E-state index < -0.39 is 5.60 Å². The number of carbonyl (C=O) groups excluding carboxylic acids is 1. The Morgan fingerprint density at radius 1 is 1.08 bits per heavy atom. The van der Waals surface area contributed by atoms with Crippen LogP contribution >= 0.6 is 0 Å². The number of carbonyl (C=O) groups is 1. The summed E-state index contributed by atoms with van der Waals surface area (Å²) in [7, 11) is 0. The molecule has 0 bridgehead atoms. The number of hydrogen-bond donors (Lipinski definition) is 0. The first-order valence-corrected chi connectivity index (χ1v) is 9.09. The highest BCUT2D eigenvalue weighted by Gasteiger charge is 2.35. The molecule has 0 radical (unpaired) electrons. The molecule has 2 heterocycles. The van der Waals surface area contributed by atoms with Gasteiger partial charge in [-0.1, -0.05) is 0 Å². The Morgan fingerprint density at radius 2 is 1.72 bits per heavy atom. The maximum atomic E-state index is 12.1. The molecular formula is C19H28N2O4. The van der Waals surface area contributed by atoms with Crippen LogP contribution < -0.4 is 4.74 Å². The van der Waals surface area contributed by atoms with Crippen LogP contribution in [0.15, 0.2) is 24.5 Å². The molecule has 1 saturated heterocycles. The molecule has 1 saturated carbocycles. The van der Waals surface area contributed by atoms with Crippen molar-refractivity contribution in [2.45, 2.75) is 70.4 Å². The monoisotopic (exact) mass is 348 g/mol. The molecule has 3 rings (SSSR count). The zero-order chi connectivity index (χ0) is 17.9. The first-order valence-electron chi connectivity index (χ1n) is 9.09. The Balaban J connectivity index is 1.33. The molecule has 6 heteroatoms. The molecule has 1 amide bonds. The van der Waals surface area contributed by atoms with Crippen molar-refractivity contribution >= 4 is 6.09 Å². The fraction of sp³-hybridized carbons (Fsp3) is 0.684. The molecule has 138 valence electrons. The first-order chi connectivity index (χ1) is 11.9. The van der Waals surface area contributed by atoms with Gasteiger partial charge < -0.3 is 19.1 Å². The number of nitrogens with zero attached hydrogens (tertiary/aromatic N) is 2. The van der Waals surface area contributed by atoms with Gasteiger partial charge in [-0.3, -0.25) is 4.98 Å². The average Bonchev–Trinajstić information content (AvgIpc) is 2.53. The highest BCUT2D eigenvalue weighted by atomic mass is 16.6. The van der Waals surface area contributed by atoms with Crippen molar-refractivity contribution in [3.8, 4) is 5.75 Å². The molecular weight excluding hydrogens is 320 g/mol. The molecule has 1 aliphatic heterocycles. The van der Waals surface area contributed by atoms with Gasteiger partial charge in [0.1, 0.15) is 17.5 Å². The first kappa shape index (κ1) is 18.0. The van der Waals surface area contributed by atoms with Crippen LogP contribution in [-0.4, -0.2) is 53.0 Å². The van der Waals surface area contributed by atoms with Crippen LogP contribution in [0.2, 0.25) is 0 Å². The predicted octanol–water partition coefficient (Wildman–Crippen LogP) is 3.41. The Bertz CT molecular complexity index is 559. The van der Waals surface area contributed by atoms with Crippen LogP contribution in [0, 0.1) is 0 Å². The normalized spacial score (nSPS) is 24.5. The highest BCUT2D eigenvalue weighted by molar-refractivity contribution is 5.68. The van der Waals surface area contributed by atoms with Crippen molar-refractivity contribution in [3.63, 3.8) is 0 Å². The quantitative estimate of drug-likeness (QED) is 0.834. The van der Waals surface area contributed by atoms with Gasteiger partial charge in [-0.15, -0.1) is 0 Å². The summed E-state index contributed by atoms with van der Waals surface area (Å²) < 4.78 is 17.4. The van der Waals surface area contributed by atoms with Crippen LogP contribution in [0.25, 0.3) is 0 Å². The fourth-order valence-corrected chi connectivity index (χ4v) is 3.11. The van der Waals surface area contributed by atoms with Crippen LogP contribution in [0.1, 0.15) is 46.5 Å². The van der Waals surface area contributed by atoms with Gasteiger partial charge in [0.05, 0.1) is 12.2 Å². The average molecular weight is 348 g/mol. The standard InChI is InChI=1S/C19H28N2O4/c1-19(2,3)25-18(22)21-10-6-15(7-11-21)24-17-12-16(13-17)23-14-4-8-20-9-5-14/h4-5,8-9,15-17H,6-7,10-13H2,1-3H3/t16-,17-. The van der Waals surface area contributed by atoms with Crippen LogP contribution in [0.3, 0.4) is 0 Å². The Kier molecular flexibility index (Phi) is 5.47. The lowest BCUT2D eigenvalue weighted by molar-refractivity contribution is -0.109. The molecule has 0 spiro atoms. The maximum Gasteiger partial charge on any atom is 0.410 e. The zero-order valence-corrected chi connectivity index (χ0v) is 15.3. The topological polar surface area (TPSA) is 60.9 Å². The van der Waals surface area contributed by atoms with E-state index in [1.165, 1.54) is 0 Å². The number of piperidine rings is 1. The molecule has 0 N–H and O–H groups in total. The Hall–Kier alpha value is -1.82. The number of likely N-dealkylation sites (tertiary alicyclic amines) is 1. The molecule has 25 heavy (non-hydrogen) atoms. The predicted molar refractivity (Wildman–Crippen MR) is 93.6 cm³/mol. The van der Waals surface area contributed by atoms with Crippen molar-refractivity contribution < 1.29 is 19.0 Å². The van der Waals surface area contributed by atoms with Gasteiger partial charge in [-0.25, -0.2) is 4.79 Å². The third kappa shape index (κ3) is 5.33. The number of pyridine rings is 1. The Morgan fingerprint density at radius 3 is 2.32 bits per heavy atom. The van der Waals surface area contributed by atoms with Crippen molar-refractivity contribution in [1.82, 2.24) is 9.88 Å². The number of ether oxygens (including phenoxy) is 3. The van der Waals surface area contributed by atoms with E-state index in [1.54, 1.807) is 17.3 Å². The smallest absolute Gasteiger partial charge is 0.410 e. The van der Waals surface area contributed by atoms with E-state index in [0.717, 1.165) is 31.4 Å². The van der Waals surface area contributed by atoms with E-state index in [9.17, 15) is 4.79 Å². The summed E-state index contributed by atoms with van der Waals surface area (Å²) in [6.07, 6.45) is 7.56. The molecule has 0 aromatic carbocycles. The van der Waals surface area contributed by atoms with Crippen LogP contribution in [0.4, 0.5) is 4.79 Å². The van der Waals surface area contributed by atoms with E-state index in [4.69, 9.17) is 14.2 Å². The largest absolute Gasteiger partial charge is 0.490 e. The van der Waals surface area contributed by atoms with Crippen molar-refractivity contribution in [1.29, 1.82) is 0 Å². The second-order valence-corrected chi connectivity index (χ2v) is 7.82. The van der Waals surface area contributed by atoms with E-state index in [1.807, 2.05) is 32.9 Å². The van der Waals surface area contributed by atoms with E-state index >= 15 is 0 Å². The lowest BCUT2D eigenvalue weighted by Crippen LogP contribution is -2.46. The SMILES string of the molecule is CC(C)(C)OC(=O)N1CCC(O[C@H]2C[C@H](Oc3ccncc3)C2)CC1. The minimum Gasteiger partial charge on any atom is -0.490 e. The summed E-state index contributed by atoms with van der Waals surface area (Å²) in [5, 5.41) is 0. The Labute approximate surface area is 149 Å². The number of aromatic nitrogens is 1. The van der Waals surface area contributed by atoms with E-state index in [2.05, 4.69) is 4.98 Å². The molecule has 1 aromatic heterocycles. The molecule has 2 aliphatic rings. The molecule has 0 unspecified atom stereocenters. The third-order valence-corrected chi connectivity index (χ3v) is 4.48. The fourth-order valence-electron chi connectivity index (χ4n) is 3.11. The van der Waals surface area contributed by atoms with E-state index in [-0.39, 0.29) is 24.4 Å². The van der Waals surface area contributed by atoms with E-state index in [0.29, 0.717) is 13.1 Å². The molecule has 2 fully saturated rings. The number of amides is 1. The minimum atomic E-state index is -0.444. The summed E-state index contributed by atoms with van der Waals surface area (Å²) >= 11 is 0.